The molecule has 1 saturated carbocycles. The second-order valence-electron chi connectivity index (χ2n) is 7.15. The molecule has 24 heavy (non-hydrogen) atoms. The largest absolute Gasteiger partial charge is 0.392 e. The molecule has 2 aromatic rings. The van der Waals surface area contributed by atoms with Gasteiger partial charge in [-0.3, -0.25) is 4.79 Å². The number of hydrogen-bond donors (Lipinski definition) is 2. The van der Waals surface area contributed by atoms with Gasteiger partial charge in [-0.2, -0.15) is 0 Å². The second kappa shape index (κ2) is 5.90. The molecule has 128 valence electrons. The predicted octanol–water partition coefficient (Wildman–Crippen LogP) is 1.77. The van der Waals surface area contributed by atoms with E-state index in [0.717, 1.165) is 29.4 Å². The molecule has 2 N–H and O–H groups in total. The number of hydrogen-bond acceptors (Lipinski definition) is 3. The topological polar surface area (TPSA) is 63.5 Å². The fourth-order valence-electron chi connectivity index (χ4n) is 4.33. The Labute approximate surface area is 141 Å². The van der Waals surface area contributed by atoms with Crippen molar-refractivity contribution in [2.75, 3.05) is 13.2 Å². The molecule has 0 radical (unpaired) electrons. The van der Waals surface area contributed by atoms with Gasteiger partial charge in [-0.05, 0) is 36.8 Å². The molecule has 2 atom stereocenters. The molecule has 1 aromatic heterocycles. The molecule has 2 aliphatic rings. The van der Waals surface area contributed by atoms with E-state index >= 15 is 0 Å². The molecule has 1 aliphatic carbocycles. The highest BCUT2D eigenvalue weighted by atomic mass is 16.5. The lowest BCUT2D eigenvalue weighted by Crippen LogP contribution is -2.65. The number of carbonyl (C=O) groups excluding carboxylic acids is 1. The summed E-state index contributed by atoms with van der Waals surface area (Å²) in [4.78, 5) is 12.5. The maximum absolute atomic E-state index is 12.5. The number of aromatic nitrogens is 1. The average Bonchev–Trinajstić information content (AvgIpc) is 2.91. The first-order chi connectivity index (χ1) is 11.6. The number of nitrogens with one attached hydrogen (secondary N) is 1. The van der Waals surface area contributed by atoms with Crippen molar-refractivity contribution in [3.63, 3.8) is 0 Å². The summed E-state index contributed by atoms with van der Waals surface area (Å²) in [7, 11) is 2.00. The van der Waals surface area contributed by atoms with Crippen LogP contribution < -0.4 is 5.32 Å². The van der Waals surface area contributed by atoms with E-state index in [1.165, 1.54) is 0 Å². The Morgan fingerprint density at radius 1 is 1.38 bits per heavy atom. The number of aliphatic hydroxyl groups is 1. The van der Waals surface area contributed by atoms with Gasteiger partial charge in [0, 0.05) is 42.9 Å². The molecule has 1 amide bonds. The minimum Gasteiger partial charge on any atom is -0.392 e. The average molecular weight is 328 g/mol. The number of amides is 1. The number of rotatable bonds is 3. The molecule has 1 aliphatic heterocycles. The van der Waals surface area contributed by atoms with Crippen LogP contribution in [0.2, 0.25) is 0 Å². The Hall–Kier alpha value is -1.85. The van der Waals surface area contributed by atoms with Gasteiger partial charge in [-0.15, -0.1) is 0 Å². The zero-order valence-corrected chi connectivity index (χ0v) is 14.0. The fourth-order valence-corrected chi connectivity index (χ4v) is 4.33. The highest BCUT2D eigenvalue weighted by Crippen LogP contribution is 2.48. The van der Waals surface area contributed by atoms with Crippen LogP contribution in [0.5, 0.6) is 0 Å². The van der Waals surface area contributed by atoms with E-state index in [9.17, 15) is 9.90 Å². The van der Waals surface area contributed by atoms with Gasteiger partial charge in [0.25, 0.3) is 0 Å². The maximum atomic E-state index is 12.5. The zero-order chi connectivity index (χ0) is 16.7. The van der Waals surface area contributed by atoms with Crippen molar-refractivity contribution < 1.29 is 14.6 Å². The van der Waals surface area contributed by atoms with Gasteiger partial charge in [-0.1, -0.05) is 18.2 Å². The molecule has 0 unspecified atom stereocenters. The van der Waals surface area contributed by atoms with Gasteiger partial charge >= 0.3 is 0 Å². The van der Waals surface area contributed by atoms with E-state index < -0.39 is 0 Å². The smallest absolute Gasteiger partial charge is 0.226 e. The van der Waals surface area contributed by atoms with E-state index in [1.54, 1.807) is 0 Å². The highest BCUT2D eigenvalue weighted by molar-refractivity contribution is 5.85. The lowest BCUT2D eigenvalue weighted by Gasteiger charge is -2.55. The van der Waals surface area contributed by atoms with Crippen molar-refractivity contribution in [1.29, 1.82) is 0 Å². The van der Waals surface area contributed by atoms with Gasteiger partial charge in [0.1, 0.15) is 0 Å². The van der Waals surface area contributed by atoms with Crippen LogP contribution in [0.1, 0.15) is 25.0 Å². The van der Waals surface area contributed by atoms with Gasteiger partial charge in [-0.25, -0.2) is 0 Å². The summed E-state index contributed by atoms with van der Waals surface area (Å²) < 4.78 is 7.50. The Balaban J connectivity index is 1.46. The normalized spacial score (nSPS) is 25.6. The van der Waals surface area contributed by atoms with Crippen molar-refractivity contribution in [3.05, 3.63) is 36.0 Å². The third-order valence-corrected chi connectivity index (χ3v) is 5.97. The summed E-state index contributed by atoms with van der Waals surface area (Å²) in [6, 6.07) is 10.3. The summed E-state index contributed by atoms with van der Waals surface area (Å²) in [6.07, 6.45) is 2.36. The Bertz CT molecular complexity index is 761. The molecule has 5 heteroatoms. The standard InChI is InChI=1S/C19H24N2O3/c1-21-14(10-13-4-2-3-5-15(13)21)11-18(23)20-16-12-17(22)19(16)6-8-24-9-7-19/h2-5,10,16-17,22H,6-9,11-12H2,1H3,(H,20,23)/t16-,17-/m1/s1. The third-order valence-electron chi connectivity index (χ3n) is 5.97. The van der Waals surface area contributed by atoms with Crippen LogP contribution in [0.15, 0.2) is 30.3 Å². The molecule has 2 fully saturated rings. The van der Waals surface area contributed by atoms with Gasteiger partial charge in [0.15, 0.2) is 0 Å². The van der Waals surface area contributed by atoms with Crippen LogP contribution >= 0.6 is 0 Å². The van der Waals surface area contributed by atoms with Crippen molar-refractivity contribution in [2.24, 2.45) is 12.5 Å². The SMILES string of the molecule is Cn1c(CC(=O)N[C@@H]2C[C@@H](O)C23CCOCC3)cc2ccccc21. The molecule has 1 aromatic carbocycles. The third kappa shape index (κ3) is 2.43. The Kier molecular flexibility index (Phi) is 3.85. The number of carbonyl (C=O) groups is 1. The van der Waals surface area contributed by atoms with Crippen LogP contribution in [0.25, 0.3) is 10.9 Å². The number of fused-ring (bicyclic) bond motifs is 1. The van der Waals surface area contributed by atoms with E-state index in [0.29, 0.717) is 26.1 Å². The fraction of sp³-hybridized carbons (Fsp3) is 0.526. The molecule has 1 saturated heterocycles. The maximum Gasteiger partial charge on any atom is 0.226 e. The first-order valence-corrected chi connectivity index (χ1v) is 8.69. The lowest BCUT2D eigenvalue weighted by molar-refractivity contribution is -0.155. The Morgan fingerprint density at radius 3 is 2.83 bits per heavy atom. The number of benzene rings is 1. The molecule has 1 spiro atoms. The summed E-state index contributed by atoms with van der Waals surface area (Å²) in [5, 5.41) is 14.5. The van der Waals surface area contributed by atoms with Crippen LogP contribution in [0.4, 0.5) is 0 Å². The molecule has 2 heterocycles. The first-order valence-electron chi connectivity index (χ1n) is 8.69. The van der Waals surface area contributed by atoms with Crippen molar-refractivity contribution in [2.45, 2.75) is 37.8 Å². The minimum atomic E-state index is -0.315. The summed E-state index contributed by atoms with van der Waals surface area (Å²) in [6.45, 7) is 1.35. The van der Waals surface area contributed by atoms with Crippen LogP contribution in [0, 0.1) is 5.41 Å². The van der Waals surface area contributed by atoms with Crippen LogP contribution in [-0.4, -0.2) is 40.9 Å². The van der Waals surface area contributed by atoms with E-state index in [-0.39, 0.29) is 23.5 Å². The van der Waals surface area contributed by atoms with Gasteiger partial charge in [0.05, 0.1) is 12.5 Å². The highest BCUT2D eigenvalue weighted by Gasteiger charge is 2.55. The lowest BCUT2D eigenvalue weighted by atomic mass is 9.58. The first kappa shape index (κ1) is 15.7. The van der Waals surface area contributed by atoms with Crippen molar-refractivity contribution >= 4 is 16.8 Å². The quantitative estimate of drug-likeness (QED) is 0.902. The summed E-state index contributed by atoms with van der Waals surface area (Å²) in [5.41, 5.74) is 1.97. The van der Waals surface area contributed by atoms with Crippen LogP contribution in [-0.2, 0) is 23.0 Å². The molecular weight excluding hydrogens is 304 g/mol. The molecule has 0 bridgehead atoms. The second-order valence-corrected chi connectivity index (χ2v) is 7.15. The minimum absolute atomic E-state index is 0.0312. The molecule has 4 rings (SSSR count). The van der Waals surface area contributed by atoms with Crippen LogP contribution in [0.3, 0.4) is 0 Å². The number of ether oxygens (including phenoxy) is 1. The number of para-hydroxylation sites is 1. The van der Waals surface area contributed by atoms with Crippen molar-refractivity contribution in [1.82, 2.24) is 9.88 Å². The molecular formula is C19H24N2O3. The molecule has 5 nitrogen and oxygen atoms in total. The monoisotopic (exact) mass is 328 g/mol. The number of nitrogens with zero attached hydrogens (tertiary/aromatic N) is 1. The van der Waals surface area contributed by atoms with Gasteiger partial charge < -0.3 is 19.7 Å². The number of aliphatic hydroxyl groups excluding tert-OH is 1. The predicted molar refractivity (Wildman–Crippen MR) is 91.7 cm³/mol. The summed E-state index contributed by atoms with van der Waals surface area (Å²) in [5.74, 6) is 0.0312. The van der Waals surface area contributed by atoms with E-state index in [2.05, 4.69) is 28.1 Å². The van der Waals surface area contributed by atoms with E-state index in [4.69, 9.17) is 4.74 Å². The van der Waals surface area contributed by atoms with Crippen molar-refractivity contribution in [3.8, 4) is 0 Å². The zero-order valence-electron chi connectivity index (χ0n) is 14.0. The van der Waals surface area contributed by atoms with E-state index in [1.807, 2.05) is 19.2 Å². The number of aryl methyl sites for hydroxylation is 1. The summed E-state index contributed by atoms with van der Waals surface area (Å²) >= 11 is 0. The Morgan fingerprint density at radius 2 is 2.12 bits per heavy atom. The van der Waals surface area contributed by atoms with Gasteiger partial charge in [0.2, 0.25) is 5.91 Å².